The van der Waals surface area contributed by atoms with Crippen molar-refractivity contribution in [3.8, 4) is 0 Å². The van der Waals surface area contributed by atoms with Gasteiger partial charge < -0.3 is 15.1 Å². The fourth-order valence-electron chi connectivity index (χ4n) is 1.66. The molecule has 3 heteroatoms. The second kappa shape index (κ2) is 11.4. The van der Waals surface area contributed by atoms with E-state index in [9.17, 15) is 0 Å². The van der Waals surface area contributed by atoms with Crippen LogP contribution in [0.25, 0.3) is 0 Å². The highest BCUT2D eigenvalue weighted by Gasteiger charge is 2.03. The van der Waals surface area contributed by atoms with Crippen molar-refractivity contribution in [1.29, 1.82) is 0 Å². The molecule has 0 aliphatic rings. The van der Waals surface area contributed by atoms with E-state index in [0.717, 1.165) is 13.1 Å². The second-order valence-corrected chi connectivity index (χ2v) is 4.75. The lowest BCUT2D eigenvalue weighted by molar-refractivity contribution is 0.241. The van der Waals surface area contributed by atoms with Gasteiger partial charge in [-0.1, -0.05) is 20.3 Å². The standard InChI is InChI=1S/C13H31N3/c1-5-7-8-14-9-11-16(10-6-2)13-12-15(3)4/h14H,5-13H2,1-4H3. The fraction of sp³-hybridized carbons (Fsp3) is 1.00. The molecule has 0 aliphatic heterocycles. The summed E-state index contributed by atoms with van der Waals surface area (Å²) in [4.78, 5) is 4.81. The number of hydrogen-bond acceptors (Lipinski definition) is 3. The molecule has 0 unspecified atom stereocenters. The molecule has 16 heavy (non-hydrogen) atoms. The molecule has 0 atom stereocenters. The maximum Gasteiger partial charge on any atom is 0.0110 e. The molecule has 0 spiro atoms. The maximum absolute atomic E-state index is 3.51. The van der Waals surface area contributed by atoms with Crippen LogP contribution in [0.2, 0.25) is 0 Å². The Bertz CT molecular complexity index is 137. The molecule has 0 aromatic heterocycles. The summed E-state index contributed by atoms with van der Waals surface area (Å²) in [6.45, 7) is 11.6. The molecule has 0 bridgehead atoms. The Morgan fingerprint density at radius 3 is 2.12 bits per heavy atom. The molecular formula is C13H31N3. The van der Waals surface area contributed by atoms with Gasteiger partial charge in [0.25, 0.3) is 0 Å². The van der Waals surface area contributed by atoms with Crippen molar-refractivity contribution in [2.75, 3.05) is 53.4 Å². The minimum atomic E-state index is 1.13. The summed E-state index contributed by atoms with van der Waals surface area (Å²) in [5.41, 5.74) is 0. The van der Waals surface area contributed by atoms with Crippen LogP contribution in [0.4, 0.5) is 0 Å². The SMILES string of the molecule is CCCCNCCN(CCC)CCN(C)C. The van der Waals surface area contributed by atoms with Gasteiger partial charge in [-0.15, -0.1) is 0 Å². The predicted octanol–water partition coefficient (Wildman–Crippen LogP) is 1.65. The topological polar surface area (TPSA) is 18.5 Å². The average molecular weight is 229 g/mol. The second-order valence-electron chi connectivity index (χ2n) is 4.75. The lowest BCUT2D eigenvalue weighted by Crippen LogP contribution is -2.37. The minimum absolute atomic E-state index is 1.13. The lowest BCUT2D eigenvalue weighted by Gasteiger charge is -2.23. The van der Waals surface area contributed by atoms with Crippen LogP contribution < -0.4 is 5.32 Å². The van der Waals surface area contributed by atoms with E-state index in [1.165, 1.54) is 45.4 Å². The van der Waals surface area contributed by atoms with E-state index in [2.05, 4.69) is 43.1 Å². The van der Waals surface area contributed by atoms with E-state index < -0.39 is 0 Å². The largest absolute Gasteiger partial charge is 0.315 e. The van der Waals surface area contributed by atoms with E-state index in [1.807, 2.05) is 0 Å². The van der Waals surface area contributed by atoms with Crippen molar-refractivity contribution >= 4 is 0 Å². The molecule has 0 radical (unpaired) electrons. The maximum atomic E-state index is 3.51. The molecule has 0 saturated carbocycles. The van der Waals surface area contributed by atoms with Crippen LogP contribution >= 0.6 is 0 Å². The van der Waals surface area contributed by atoms with E-state index >= 15 is 0 Å². The van der Waals surface area contributed by atoms with Gasteiger partial charge in [0.2, 0.25) is 0 Å². The first-order chi connectivity index (χ1) is 7.70. The lowest BCUT2D eigenvalue weighted by atomic mass is 10.3. The number of hydrogen-bond donors (Lipinski definition) is 1. The summed E-state index contributed by atoms with van der Waals surface area (Å²) in [5.74, 6) is 0. The first-order valence-corrected chi connectivity index (χ1v) is 6.78. The third-order valence-corrected chi connectivity index (χ3v) is 2.72. The number of nitrogens with one attached hydrogen (secondary N) is 1. The van der Waals surface area contributed by atoms with Crippen molar-refractivity contribution in [3.63, 3.8) is 0 Å². The highest BCUT2D eigenvalue weighted by atomic mass is 15.2. The highest BCUT2D eigenvalue weighted by molar-refractivity contribution is 4.61. The van der Waals surface area contributed by atoms with Gasteiger partial charge in [-0.05, 0) is 40.0 Å². The molecule has 1 N–H and O–H groups in total. The van der Waals surface area contributed by atoms with Crippen LogP contribution in [0.3, 0.4) is 0 Å². The average Bonchev–Trinajstić information content (AvgIpc) is 2.25. The van der Waals surface area contributed by atoms with Gasteiger partial charge in [-0.25, -0.2) is 0 Å². The monoisotopic (exact) mass is 229 g/mol. The van der Waals surface area contributed by atoms with Gasteiger partial charge in [-0.3, -0.25) is 0 Å². The zero-order chi connectivity index (χ0) is 12.2. The zero-order valence-electron chi connectivity index (χ0n) is 11.8. The molecule has 0 fully saturated rings. The van der Waals surface area contributed by atoms with Crippen molar-refractivity contribution in [2.24, 2.45) is 0 Å². The number of likely N-dealkylation sites (N-methyl/N-ethyl adjacent to an activating group) is 1. The summed E-state index contributed by atoms with van der Waals surface area (Å²) in [5, 5.41) is 3.51. The van der Waals surface area contributed by atoms with Crippen molar-refractivity contribution in [3.05, 3.63) is 0 Å². The van der Waals surface area contributed by atoms with Crippen LogP contribution in [0.15, 0.2) is 0 Å². The van der Waals surface area contributed by atoms with Crippen LogP contribution in [0, 0.1) is 0 Å². The predicted molar refractivity (Wildman–Crippen MR) is 73.1 cm³/mol. The minimum Gasteiger partial charge on any atom is -0.315 e. The molecule has 0 aliphatic carbocycles. The van der Waals surface area contributed by atoms with Crippen LogP contribution in [-0.4, -0.2) is 63.2 Å². The Morgan fingerprint density at radius 1 is 0.812 bits per heavy atom. The molecule has 98 valence electrons. The first-order valence-electron chi connectivity index (χ1n) is 6.78. The first kappa shape index (κ1) is 15.9. The molecule has 0 heterocycles. The summed E-state index contributed by atoms with van der Waals surface area (Å²) in [6.07, 6.45) is 3.83. The van der Waals surface area contributed by atoms with Crippen LogP contribution in [0.5, 0.6) is 0 Å². The van der Waals surface area contributed by atoms with Crippen molar-refractivity contribution in [1.82, 2.24) is 15.1 Å². The molecular weight excluding hydrogens is 198 g/mol. The smallest absolute Gasteiger partial charge is 0.0110 e. The molecule has 0 amide bonds. The fourth-order valence-corrected chi connectivity index (χ4v) is 1.66. The third kappa shape index (κ3) is 10.4. The number of nitrogens with zero attached hydrogens (tertiary/aromatic N) is 2. The molecule has 0 rings (SSSR count). The van der Waals surface area contributed by atoms with Crippen molar-refractivity contribution in [2.45, 2.75) is 33.1 Å². The third-order valence-electron chi connectivity index (χ3n) is 2.72. The molecule has 0 aromatic carbocycles. The molecule has 0 saturated heterocycles. The van der Waals surface area contributed by atoms with Gasteiger partial charge >= 0.3 is 0 Å². The Labute approximate surface area is 102 Å². The van der Waals surface area contributed by atoms with Crippen molar-refractivity contribution < 1.29 is 0 Å². The van der Waals surface area contributed by atoms with Gasteiger partial charge in [-0.2, -0.15) is 0 Å². The van der Waals surface area contributed by atoms with E-state index in [0.29, 0.717) is 0 Å². The van der Waals surface area contributed by atoms with E-state index in [4.69, 9.17) is 0 Å². The van der Waals surface area contributed by atoms with Crippen LogP contribution in [0.1, 0.15) is 33.1 Å². The zero-order valence-corrected chi connectivity index (χ0v) is 11.8. The van der Waals surface area contributed by atoms with Gasteiger partial charge in [0.05, 0.1) is 0 Å². The molecule has 3 nitrogen and oxygen atoms in total. The Hall–Kier alpha value is -0.120. The molecule has 0 aromatic rings. The summed E-state index contributed by atoms with van der Waals surface area (Å²) in [6, 6.07) is 0. The Kier molecular flexibility index (Phi) is 11.3. The van der Waals surface area contributed by atoms with Crippen LogP contribution in [-0.2, 0) is 0 Å². The quantitative estimate of drug-likeness (QED) is 0.544. The summed E-state index contributed by atoms with van der Waals surface area (Å²) in [7, 11) is 4.28. The summed E-state index contributed by atoms with van der Waals surface area (Å²) < 4.78 is 0. The number of unbranched alkanes of at least 4 members (excludes halogenated alkanes) is 1. The number of rotatable bonds is 11. The summed E-state index contributed by atoms with van der Waals surface area (Å²) >= 11 is 0. The van der Waals surface area contributed by atoms with Gasteiger partial charge in [0.15, 0.2) is 0 Å². The van der Waals surface area contributed by atoms with E-state index in [-0.39, 0.29) is 0 Å². The van der Waals surface area contributed by atoms with Gasteiger partial charge in [0.1, 0.15) is 0 Å². The van der Waals surface area contributed by atoms with Gasteiger partial charge in [0, 0.05) is 26.2 Å². The normalized spacial score (nSPS) is 11.6. The Balaban J connectivity index is 3.51. The van der Waals surface area contributed by atoms with E-state index in [1.54, 1.807) is 0 Å². The highest BCUT2D eigenvalue weighted by Crippen LogP contribution is 1.91. The Morgan fingerprint density at radius 2 is 1.56 bits per heavy atom.